The molecule has 0 unspecified atom stereocenters. The number of nitrogens with zero attached hydrogens (tertiary/aromatic N) is 2. The van der Waals surface area contributed by atoms with E-state index < -0.39 is 0 Å². The van der Waals surface area contributed by atoms with Crippen molar-refractivity contribution in [1.29, 1.82) is 0 Å². The molecule has 0 amide bonds. The van der Waals surface area contributed by atoms with Crippen molar-refractivity contribution in [3.8, 4) is 0 Å². The number of imidazole rings is 1. The average Bonchev–Trinajstić information content (AvgIpc) is 3.34. The number of ether oxygens (including phenoxy) is 1. The largest absolute Gasteiger partial charge is 0.464 e. The predicted octanol–water partition coefficient (Wildman–Crippen LogP) is 4.82. The number of H-pyrrole nitrogens is 1. The van der Waals surface area contributed by atoms with Gasteiger partial charge in [-0.2, -0.15) is 0 Å². The first-order valence-corrected chi connectivity index (χ1v) is 8.68. The van der Waals surface area contributed by atoms with Gasteiger partial charge in [0.05, 0.1) is 11.0 Å². The van der Waals surface area contributed by atoms with Gasteiger partial charge in [0, 0.05) is 0 Å². The summed E-state index contributed by atoms with van der Waals surface area (Å²) in [4.78, 5) is 12.8. The number of benzene rings is 3. The fourth-order valence-electron chi connectivity index (χ4n) is 3.37. The van der Waals surface area contributed by atoms with E-state index in [1.54, 1.807) is 0 Å². The highest BCUT2D eigenvalue weighted by Crippen LogP contribution is 2.40. The van der Waals surface area contributed by atoms with Crippen molar-refractivity contribution < 1.29 is 4.74 Å². The summed E-state index contributed by atoms with van der Waals surface area (Å²) in [6.45, 7) is 0. The van der Waals surface area contributed by atoms with Crippen LogP contribution >= 0.6 is 0 Å². The van der Waals surface area contributed by atoms with Gasteiger partial charge < -0.3 is 9.72 Å². The van der Waals surface area contributed by atoms with Crippen LogP contribution in [-0.2, 0) is 4.74 Å². The molecule has 26 heavy (non-hydrogen) atoms. The number of aromatic nitrogens is 2. The topological polar surface area (TPSA) is 50.3 Å². The highest BCUT2D eigenvalue weighted by molar-refractivity contribution is 5.95. The van der Waals surface area contributed by atoms with Gasteiger partial charge in [-0.3, -0.25) is 0 Å². The lowest BCUT2D eigenvalue weighted by Crippen LogP contribution is -2.09. The van der Waals surface area contributed by atoms with Gasteiger partial charge in [-0.05, 0) is 23.3 Å². The van der Waals surface area contributed by atoms with Crippen LogP contribution in [-0.4, -0.2) is 15.9 Å². The van der Waals surface area contributed by atoms with Crippen LogP contribution < -0.4 is 0 Å². The van der Waals surface area contributed by atoms with Crippen LogP contribution in [0.1, 0.15) is 29.1 Å². The molecular weight excluding hydrogens is 322 g/mol. The van der Waals surface area contributed by atoms with Gasteiger partial charge in [0.2, 0.25) is 0 Å². The van der Waals surface area contributed by atoms with Crippen LogP contribution in [0, 0.1) is 0 Å². The number of aliphatic imine (C=N–C) groups is 1. The molecule has 2 heterocycles. The molecule has 2 atom stereocenters. The molecule has 0 saturated carbocycles. The van der Waals surface area contributed by atoms with Crippen LogP contribution in [0.5, 0.6) is 0 Å². The number of hydrogen-bond donors (Lipinski definition) is 1. The second-order valence-corrected chi connectivity index (χ2v) is 6.34. The minimum Gasteiger partial charge on any atom is -0.464 e. The molecule has 0 bridgehead atoms. The van der Waals surface area contributed by atoms with Crippen LogP contribution in [0.15, 0.2) is 89.9 Å². The maximum Gasteiger partial charge on any atom is 0.254 e. The van der Waals surface area contributed by atoms with Crippen molar-refractivity contribution in [2.24, 2.45) is 4.99 Å². The van der Waals surface area contributed by atoms with E-state index in [0.717, 1.165) is 22.2 Å². The van der Waals surface area contributed by atoms with Crippen molar-refractivity contribution in [1.82, 2.24) is 9.97 Å². The molecule has 4 heteroatoms. The fourth-order valence-corrected chi connectivity index (χ4v) is 3.37. The Morgan fingerprint density at radius 2 is 1.38 bits per heavy atom. The van der Waals surface area contributed by atoms with E-state index in [-0.39, 0.29) is 12.1 Å². The molecule has 1 aliphatic rings. The Labute approximate surface area is 151 Å². The summed E-state index contributed by atoms with van der Waals surface area (Å²) in [5.41, 5.74) is 4.13. The Morgan fingerprint density at radius 1 is 0.731 bits per heavy atom. The lowest BCUT2D eigenvalue weighted by Gasteiger charge is -2.18. The summed E-state index contributed by atoms with van der Waals surface area (Å²) in [5.74, 6) is 1.23. The minimum absolute atomic E-state index is 0.0955. The molecule has 3 aromatic carbocycles. The van der Waals surface area contributed by atoms with E-state index in [9.17, 15) is 0 Å². The van der Waals surface area contributed by atoms with Crippen molar-refractivity contribution in [2.45, 2.75) is 12.1 Å². The molecule has 0 fully saturated rings. The zero-order valence-electron chi connectivity index (χ0n) is 14.0. The number of fused-ring (bicyclic) bond motifs is 1. The predicted molar refractivity (Wildman–Crippen MR) is 102 cm³/mol. The Hall–Kier alpha value is -3.40. The second-order valence-electron chi connectivity index (χ2n) is 6.34. The minimum atomic E-state index is -0.165. The molecule has 4 aromatic rings. The molecule has 5 rings (SSSR count). The van der Waals surface area contributed by atoms with E-state index in [1.807, 2.05) is 60.7 Å². The third-order valence-corrected chi connectivity index (χ3v) is 4.64. The Balaban J connectivity index is 1.58. The van der Waals surface area contributed by atoms with Crippen molar-refractivity contribution in [3.05, 3.63) is 102 Å². The van der Waals surface area contributed by atoms with Crippen LogP contribution in [0.3, 0.4) is 0 Å². The van der Waals surface area contributed by atoms with E-state index >= 15 is 0 Å². The Morgan fingerprint density at radius 3 is 2.12 bits per heavy atom. The van der Waals surface area contributed by atoms with Crippen molar-refractivity contribution in [3.63, 3.8) is 0 Å². The molecular formula is C22H17N3O. The molecule has 1 N–H and O–H groups in total. The Kier molecular flexibility index (Phi) is 3.53. The van der Waals surface area contributed by atoms with Gasteiger partial charge in [-0.25, -0.2) is 9.98 Å². The lowest BCUT2D eigenvalue weighted by atomic mass is 9.97. The number of rotatable bonds is 3. The van der Waals surface area contributed by atoms with Gasteiger partial charge in [0.25, 0.3) is 5.90 Å². The van der Waals surface area contributed by atoms with Crippen molar-refractivity contribution in [2.75, 3.05) is 0 Å². The highest BCUT2D eigenvalue weighted by Gasteiger charge is 2.35. The quantitative estimate of drug-likeness (QED) is 0.581. The molecule has 126 valence electrons. The van der Waals surface area contributed by atoms with E-state index in [2.05, 4.69) is 34.2 Å². The normalized spacial score (nSPS) is 19.3. The molecule has 0 aliphatic carbocycles. The van der Waals surface area contributed by atoms with Crippen LogP contribution in [0.2, 0.25) is 0 Å². The van der Waals surface area contributed by atoms with E-state index in [0.29, 0.717) is 11.7 Å². The first kappa shape index (κ1) is 14.9. The summed E-state index contributed by atoms with van der Waals surface area (Å²) in [5, 5.41) is 0. The van der Waals surface area contributed by atoms with Gasteiger partial charge in [0.15, 0.2) is 11.9 Å². The van der Waals surface area contributed by atoms with E-state index in [4.69, 9.17) is 9.73 Å². The van der Waals surface area contributed by atoms with E-state index in [1.165, 1.54) is 0 Å². The smallest absolute Gasteiger partial charge is 0.254 e. The van der Waals surface area contributed by atoms with Crippen LogP contribution in [0.25, 0.3) is 11.0 Å². The number of nitrogens with one attached hydrogen (secondary N) is 1. The summed E-state index contributed by atoms with van der Waals surface area (Å²) in [6, 6.07) is 28.3. The summed E-state index contributed by atoms with van der Waals surface area (Å²) >= 11 is 0. The standard InChI is InChI=1S/C22H17N3O/c1-3-9-15(10-4-1)19-20(16-11-5-2-6-12-16)26-22(25-19)21-23-17-13-7-8-14-18(17)24-21/h1-14,19-20H,(H,23,24)/t19-,20-/m1/s1. The molecule has 4 nitrogen and oxygen atoms in total. The third kappa shape index (κ3) is 2.56. The monoisotopic (exact) mass is 339 g/mol. The Bertz CT molecular complexity index is 1040. The summed E-state index contributed by atoms with van der Waals surface area (Å²) in [6.07, 6.45) is -0.165. The molecule has 0 saturated heterocycles. The zero-order valence-corrected chi connectivity index (χ0v) is 14.0. The molecule has 0 spiro atoms. The summed E-state index contributed by atoms with van der Waals surface area (Å²) < 4.78 is 6.29. The van der Waals surface area contributed by atoms with Gasteiger partial charge in [-0.1, -0.05) is 72.8 Å². The average molecular weight is 339 g/mol. The second kappa shape index (κ2) is 6.15. The maximum absolute atomic E-state index is 6.29. The van der Waals surface area contributed by atoms with Gasteiger partial charge in [0.1, 0.15) is 6.04 Å². The first-order chi connectivity index (χ1) is 12.9. The van der Waals surface area contributed by atoms with Gasteiger partial charge in [-0.15, -0.1) is 0 Å². The molecule has 1 aromatic heterocycles. The first-order valence-electron chi connectivity index (χ1n) is 8.68. The SMILES string of the molecule is c1ccc([C@H]2N=C(c3nc4ccccc4[nH]3)O[C@@H]2c2ccccc2)cc1. The summed E-state index contributed by atoms with van der Waals surface area (Å²) in [7, 11) is 0. The third-order valence-electron chi connectivity index (χ3n) is 4.64. The molecule has 0 radical (unpaired) electrons. The molecule has 1 aliphatic heterocycles. The number of para-hydroxylation sites is 2. The highest BCUT2D eigenvalue weighted by atomic mass is 16.5. The number of aromatic amines is 1. The zero-order chi connectivity index (χ0) is 17.3. The number of hydrogen-bond acceptors (Lipinski definition) is 3. The maximum atomic E-state index is 6.29. The van der Waals surface area contributed by atoms with Gasteiger partial charge >= 0.3 is 0 Å². The van der Waals surface area contributed by atoms with Crippen molar-refractivity contribution >= 4 is 16.9 Å². The lowest BCUT2D eigenvalue weighted by molar-refractivity contribution is 0.196. The fraction of sp³-hybridized carbons (Fsp3) is 0.0909. The van der Waals surface area contributed by atoms with Crippen LogP contribution in [0.4, 0.5) is 0 Å².